The van der Waals surface area contributed by atoms with Crippen LogP contribution in [0.4, 0.5) is 0 Å². The van der Waals surface area contributed by atoms with E-state index < -0.39 is 0 Å². The van der Waals surface area contributed by atoms with Gasteiger partial charge in [-0.2, -0.15) is 0 Å². The second kappa shape index (κ2) is 4.12. The average molecular weight is 161 g/mol. The first-order valence-corrected chi connectivity index (χ1v) is 2.30. The van der Waals surface area contributed by atoms with Crippen molar-refractivity contribution in [3.05, 3.63) is 35.9 Å². The van der Waals surface area contributed by atoms with E-state index in [0.29, 0.717) is 5.56 Å². The molecule has 0 spiro atoms. The molecule has 0 aromatic heterocycles. The van der Waals surface area contributed by atoms with E-state index in [-0.39, 0.29) is 16.5 Å². The summed E-state index contributed by atoms with van der Waals surface area (Å²) in [6, 6.07) is 11.8. The molecule has 0 saturated carbocycles. The third-order valence-corrected chi connectivity index (χ3v) is 0.830. The number of nitrogens with zero attached hydrogens (tertiary/aromatic N) is 1. The molecule has 0 heterocycles. The Balaban J connectivity index is 0.000000640. The monoisotopic (exact) mass is 160 g/mol. The number of benzene rings is 1. The predicted molar refractivity (Wildman–Crippen MR) is 30.0 cm³/mol. The SMILES string of the molecule is N#Cc1[c-]cccc1.[Ni]. The van der Waals surface area contributed by atoms with Gasteiger partial charge in [-0.25, -0.2) is 0 Å². The molecule has 0 bridgehead atoms. The fraction of sp³-hybridized carbons (Fsp3) is 0. The van der Waals surface area contributed by atoms with Crippen molar-refractivity contribution in [2.75, 3.05) is 0 Å². The van der Waals surface area contributed by atoms with Gasteiger partial charge < -0.3 is 0 Å². The minimum absolute atomic E-state index is 0. The molecular weight excluding hydrogens is 157 g/mol. The van der Waals surface area contributed by atoms with Crippen LogP contribution in [0.25, 0.3) is 0 Å². The van der Waals surface area contributed by atoms with Gasteiger partial charge in [-0.15, -0.1) is 30.3 Å². The summed E-state index contributed by atoms with van der Waals surface area (Å²) in [7, 11) is 0. The number of hydrogen-bond donors (Lipinski definition) is 0. The van der Waals surface area contributed by atoms with Crippen molar-refractivity contribution in [3.8, 4) is 6.07 Å². The summed E-state index contributed by atoms with van der Waals surface area (Å²) in [6.07, 6.45) is 0. The quantitative estimate of drug-likeness (QED) is 0.416. The fourth-order valence-corrected chi connectivity index (χ4v) is 0.463. The van der Waals surface area contributed by atoms with Crippen molar-refractivity contribution >= 4 is 0 Å². The molecule has 0 N–H and O–H groups in total. The van der Waals surface area contributed by atoms with Crippen LogP contribution in [0.15, 0.2) is 24.3 Å². The summed E-state index contributed by atoms with van der Waals surface area (Å²) in [5, 5.41) is 8.26. The van der Waals surface area contributed by atoms with Gasteiger partial charge in [0.1, 0.15) is 0 Å². The molecule has 0 aliphatic heterocycles. The number of rotatable bonds is 0. The van der Waals surface area contributed by atoms with E-state index in [0.717, 1.165) is 0 Å². The van der Waals surface area contributed by atoms with Crippen LogP contribution in [0, 0.1) is 17.4 Å². The van der Waals surface area contributed by atoms with Gasteiger partial charge in [0.05, 0.1) is 0 Å². The number of nitriles is 1. The smallest absolute Gasteiger partial charge is 0 e. The minimum Gasteiger partial charge on any atom is -0.262 e. The van der Waals surface area contributed by atoms with E-state index in [4.69, 9.17) is 5.26 Å². The van der Waals surface area contributed by atoms with Crippen molar-refractivity contribution in [2.45, 2.75) is 0 Å². The topological polar surface area (TPSA) is 23.8 Å². The van der Waals surface area contributed by atoms with Crippen LogP contribution < -0.4 is 0 Å². The van der Waals surface area contributed by atoms with Gasteiger partial charge in [0, 0.05) is 16.5 Å². The van der Waals surface area contributed by atoms with Gasteiger partial charge >= 0.3 is 0 Å². The van der Waals surface area contributed by atoms with Gasteiger partial charge in [-0.05, 0) is 6.07 Å². The van der Waals surface area contributed by atoms with Crippen LogP contribution in [0.1, 0.15) is 5.56 Å². The summed E-state index contributed by atoms with van der Waals surface area (Å²) in [4.78, 5) is 0. The first-order chi connectivity index (χ1) is 3.93. The van der Waals surface area contributed by atoms with E-state index in [2.05, 4.69) is 6.07 Å². The third-order valence-electron chi connectivity index (χ3n) is 0.830. The predicted octanol–water partition coefficient (Wildman–Crippen LogP) is 1.36. The molecule has 0 aliphatic carbocycles. The van der Waals surface area contributed by atoms with Crippen LogP contribution in [0.3, 0.4) is 0 Å². The summed E-state index contributed by atoms with van der Waals surface area (Å²) in [5.74, 6) is 0. The van der Waals surface area contributed by atoms with Crippen LogP contribution in [-0.4, -0.2) is 0 Å². The molecule has 48 valence electrons. The Bertz CT molecular complexity index is 200. The molecule has 0 atom stereocenters. The summed E-state index contributed by atoms with van der Waals surface area (Å²) in [6.45, 7) is 0. The van der Waals surface area contributed by atoms with Gasteiger partial charge in [0.2, 0.25) is 0 Å². The summed E-state index contributed by atoms with van der Waals surface area (Å²) < 4.78 is 0. The van der Waals surface area contributed by atoms with Crippen LogP contribution in [-0.2, 0) is 16.5 Å². The zero-order valence-electron chi connectivity index (χ0n) is 4.57. The Labute approximate surface area is 64.2 Å². The molecular formula is C7H4NNi-. The molecule has 0 amide bonds. The van der Waals surface area contributed by atoms with E-state index in [1.807, 2.05) is 18.2 Å². The molecule has 2 heteroatoms. The van der Waals surface area contributed by atoms with Crippen molar-refractivity contribution in [2.24, 2.45) is 0 Å². The third kappa shape index (κ3) is 2.30. The molecule has 1 aromatic carbocycles. The minimum atomic E-state index is 0. The van der Waals surface area contributed by atoms with Crippen molar-refractivity contribution in [3.63, 3.8) is 0 Å². The van der Waals surface area contributed by atoms with Crippen LogP contribution >= 0.6 is 0 Å². The maximum atomic E-state index is 8.26. The van der Waals surface area contributed by atoms with Gasteiger partial charge in [-0.1, -0.05) is 5.56 Å². The average Bonchev–Trinajstić information content (AvgIpc) is 1.90. The second-order valence-electron chi connectivity index (χ2n) is 1.39. The molecule has 1 nitrogen and oxygen atoms in total. The first-order valence-electron chi connectivity index (χ1n) is 2.30. The van der Waals surface area contributed by atoms with Crippen molar-refractivity contribution in [1.29, 1.82) is 5.26 Å². The number of hydrogen-bond acceptors (Lipinski definition) is 1. The van der Waals surface area contributed by atoms with E-state index in [1.165, 1.54) is 0 Å². The maximum Gasteiger partial charge on any atom is 0 e. The Morgan fingerprint density at radius 3 is 2.56 bits per heavy atom. The molecule has 0 fully saturated rings. The Kier molecular flexibility index (Phi) is 3.75. The molecule has 9 heavy (non-hydrogen) atoms. The molecule has 0 aliphatic rings. The first kappa shape index (κ1) is 8.20. The van der Waals surface area contributed by atoms with Gasteiger partial charge in [0.25, 0.3) is 0 Å². The van der Waals surface area contributed by atoms with E-state index in [1.54, 1.807) is 12.1 Å². The molecule has 0 unspecified atom stereocenters. The summed E-state index contributed by atoms with van der Waals surface area (Å²) in [5.41, 5.74) is 0.590. The molecule has 0 radical (unpaired) electrons. The van der Waals surface area contributed by atoms with Crippen molar-refractivity contribution in [1.82, 2.24) is 0 Å². The van der Waals surface area contributed by atoms with Gasteiger partial charge in [-0.3, -0.25) is 5.26 Å². The van der Waals surface area contributed by atoms with Crippen molar-refractivity contribution < 1.29 is 16.5 Å². The molecule has 1 aromatic rings. The van der Waals surface area contributed by atoms with Crippen LogP contribution in [0.5, 0.6) is 0 Å². The van der Waals surface area contributed by atoms with E-state index >= 15 is 0 Å². The van der Waals surface area contributed by atoms with E-state index in [9.17, 15) is 0 Å². The summed E-state index contributed by atoms with van der Waals surface area (Å²) >= 11 is 0. The Morgan fingerprint density at radius 2 is 2.22 bits per heavy atom. The largest absolute Gasteiger partial charge is 0.262 e. The maximum absolute atomic E-state index is 8.26. The Morgan fingerprint density at radius 1 is 1.44 bits per heavy atom. The standard InChI is InChI=1S/C7H4N.Ni/c8-6-7-4-2-1-3-5-7;/h1-4H;/q-1;. The molecule has 1 rings (SSSR count). The molecule has 0 saturated heterocycles. The Hall–Kier alpha value is -0.796. The zero-order chi connectivity index (χ0) is 5.82. The fourth-order valence-electron chi connectivity index (χ4n) is 0.463. The zero-order valence-corrected chi connectivity index (χ0v) is 5.56. The normalized spacial score (nSPS) is 7.00. The second-order valence-corrected chi connectivity index (χ2v) is 1.39. The van der Waals surface area contributed by atoms with Gasteiger partial charge in [0.15, 0.2) is 0 Å². The van der Waals surface area contributed by atoms with Crippen LogP contribution in [0.2, 0.25) is 0 Å².